The molecule has 1 aromatic heterocycles. The maximum Gasteiger partial charge on any atom is 0.0946 e. The molecule has 4 heteroatoms. The number of fused-ring (bicyclic) bond motifs is 2. The minimum atomic E-state index is 0.921. The standard InChI is InChI=1S/C9H5N3S/c1-2-9-8(10-5-13-9)3-6-4-11-12-7(1)6/h1-5H. The van der Waals surface area contributed by atoms with Crippen molar-refractivity contribution in [3.05, 3.63) is 29.9 Å². The van der Waals surface area contributed by atoms with Gasteiger partial charge in [-0.15, -0.1) is 11.3 Å². The second-order valence-corrected chi connectivity index (χ2v) is 3.65. The van der Waals surface area contributed by atoms with E-state index in [2.05, 4.69) is 15.2 Å². The van der Waals surface area contributed by atoms with Crippen molar-refractivity contribution in [1.82, 2.24) is 15.2 Å². The van der Waals surface area contributed by atoms with Gasteiger partial charge in [-0.05, 0) is 18.2 Å². The predicted octanol–water partition coefficient (Wildman–Crippen LogP) is 2.19. The largest absolute Gasteiger partial charge is 0.245 e. The number of hydrogen-bond acceptors (Lipinski definition) is 4. The molecule has 13 heavy (non-hydrogen) atoms. The van der Waals surface area contributed by atoms with Crippen LogP contribution in [0.15, 0.2) is 29.9 Å². The Morgan fingerprint density at radius 3 is 3.23 bits per heavy atom. The van der Waals surface area contributed by atoms with Crippen LogP contribution in [0.2, 0.25) is 0 Å². The molecule has 0 saturated heterocycles. The summed E-state index contributed by atoms with van der Waals surface area (Å²) in [5.41, 5.74) is 4.82. The third-order valence-corrected chi connectivity index (χ3v) is 2.78. The Balaban J connectivity index is 2.51. The zero-order valence-corrected chi connectivity index (χ0v) is 7.45. The first-order chi connectivity index (χ1) is 6.43. The summed E-state index contributed by atoms with van der Waals surface area (Å²) in [6.45, 7) is 0. The maximum atomic E-state index is 4.25. The van der Waals surface area contributed by atoms with E-state index in [9.17, 15) is 0 Å². The zero-order valence-electron chi connectivity index (χ0n) is 6.64. The van der Waals surface area contributed by atoms with Crippen molar-refractivity contribution in [3.8, 4) is 11.3 Å². The van der Waals surface area contributed by atoms with Crippen molar-refractivity contribution in [3.63, 3.8) is 0 Å². The Kier molecular flexibility index (Phi) is 1.31. The lowest BCUT2D eigenvalue weighted by Crippen LogP contribution is -1.67. The van der Waals surface area contributed by atoms with Crippen LogP contribution >= 0.6 is 11.3 Å². The summed E-state index contributed by atoms with van der Waals surface area (Å²) in [4.78, 5) is 4.25. The van der Waals surface area contributed by atoms with E-state index in [0.717, 1.165) is 16.8 Å². The van der Waals surface area contributed by atoms with E-state index in [-0.39, 0.29) is 0 Å². The molecule has 2 heterocycles. The monoisotopic (exact) mass is 187 g/mol. The highest BCUT2D eigenvalue weighted by atomic mass is 32.1. The fourth-order valence-corrected chi connectivity index (χ4v) is 1.98. The lowest BCUT2D eigenvalue weighted by atomic mass is 10.2. The molecule has 3 rings (SSSR count). The molecule has 1 aliphatic carbocycles. The van der Waals surface area contributed by atoms with Gasteiger partial charge in [0.1, 0.15) is 0 Å². The number of thiazole rings is 1. The molecule has 0 bridgehead atoms. The Morgan fingerprint density at radius 2 is 2.23 bits per heavy atom. The van der Waals surface area contributed by atoms with Gasteiger partial charge in [-0.3, -0.25) is 0 Å². The zero-order chi connectivity index (χ0) is 8.67. The van der Waals surface area contributed by atoms with E-state index in [1.165, 1.54) is 4.70 Å². The SMILES string of the molecule is c1nc2cc3cnnc-3ccc2s1. The van der Waals surface area contributed by atoms with Gasteiger partial charge in [0.05, 0.1) is 27.6 Å². The van der Waals surface area contributed by atoms with Crippen LogP contribution in [-0.4, -0.2) is 15.2 Å². The van der Waals surface area contributed by atoms with Crippen molar-refractivity contribution >= 4 is 21.6 Å². The first kappa shape index (κ1) is 6.91. The molecule has 3 nitrogen and oxygen atoms in total. The van der Waals surface area contributed by atoms with Gasteiger partial charge in [0.15, 0.2) is 0 Å². The van der Waals surface area contributed by atoms with E-state index in [0.29, 0.717) is 0 Å². The molecule has 0 N–H and O–H groups in total. The third kappa shape index (κ3) is 0.990. The smallest absolute Gasteiger partial charge is 0.0946 e. The van der Waals surface area contributed by atoms with Crippen LogP contribution in [0.3, 0.4) is 0 Å². The highest BCUT2D eigenvalue weighted by Crippen LogP contribution is 2.23. The molecular weight excluding hydrogens is 182 g/mol. The quantitative estimate of drug-likeness (QED) is 0.541. The van der Waals surface area contributed by atoms with E-state index < -0.39 is 0 Å². The normalized spacial score (nSPS) is 11.1. The fraction of sp³-hybridized carbons (Fsp3) is 0. The molecule has 0 spiro atoms. The number of nitrogens with zero attached hydrogens (tertiary/aromatic N) is 3. The van der Waals surface area contributed by atoms with Gasteiger partial charge in [-0.25, -0.2) is 4.98 Å². The third-order valence-electron chi connectivity index (χ3n) is 1.97. The molecule has 0 atom stereocenters. The van der Waals surface area contributed by atoms with Crippen molar-refractivity contribution in [2.45, 2.75) is 0 Å². The Labute approximate surface area is 78.4 Å². The first-order valence-electron chi connectivity index (χ1n) is 3.88. The summed E-state index contributed by atoms with van der Waals surface area (Å²) < 4.78 is 1.18. The molecule has 62 valence electrons. The molecular formula is C9H5N3S. The highest BCUT2D eigenvalue weighted by Gasteiger charge is 2.04. The fourth-order valence-electron chi connectivity index (χ4n) is 1.32. The molecule has 0 radical (unpaired) electrons. The molecule has 2 aliphatic rings. The van der Waals surface area contributed by atoms with Crippen LogP contribution in [0, 0.1) is 0 Å². The minimum absolute atomic E-state index is 0.921. The highest BCUT2D eigenvalue weighted by molar-refractivity contribution is 7.16. The number of aromatic nitrogens is 3. The second kappa shape index (κ2) is 2.47. The van der Waals surface area contributed by atoms with Crippen LogP contribution < -0.4 is 0 Å². The maximum absolute atomic E-state index is 4.25. The lowest BCUT2D eigenvalue weighted by Gasteiger charge is -1.82. The summed E-state index contributed by atoms with van der Waals surface area (Å²) in [6.07, 6.45) is 1.76. The molecule has 0 aromatic carbocycles. The van der Waals surface area contributed by atoms with Gasteiger partial charge in [0, 0.05) is 5.56 Å². The van der Waals surface area contributed by atoms with Crippen molar-refractivity contribution < 1.29 is 0 Å². The Hall–Kier alpha value is -1.55. The average Bonchev–Trinajstić information content (AvgIpc) is 2.72. The van der Waals surface area contributed by atoms with Gasteiger partial charge in [-0.1, -0.05) is 0 Å². The summed E-state index contributed by atoms with van der Waals surface area (Å²) >= 11 is 1.64. The number of hydrogen-bond donors (Lipinski definition) is 0. The Bertz CT molecular complexity index is 531. The van der Waals surface area contributed by atoms with Crippen molar-refractivity contribution in [2.24, 2.45) is 0 Å². The van der Waals surface area contributed by atoms with Gasteiger partial charge < -0.3 is 0 Å². The summed E-state index contributed by atoms with van der Waals surface area (Å²) in [7, 11) is 0. The van der Waals surface area contributed by atoms with Crippen molar-refractivity contribution in [2.75, 3.05) is 0 Å². The van der Waals surface area contributed by atoms with E-state index in [1.54, 1.807) is 17.5 Å². The second-order valence-electron chi connectivity index (χ2n) is 2.76. The molecule has 0 fully saturated rings. The molecule has 1 aliphatic heterocycles. The van der Waals surface area contributed by atoms with E-state index >= 15 is 0 Å². The van der Waals surface area contributed by atoms with Gasteiger partial charge in [0.25, 0.3) is 0 Å². The van der Waals surface area contributed by atoms with Crippen LogP contribution in [0.5, 0.6) is 0 Å². The first-order valence-corrected chi connectivity index (χ1v) is 4.76. The summed E-state index contributed by atoms with van der Waals surface area (Å²) in [5, 5.41) is 7.83. The minimum Gasteiger partial charge on any atom is -0.245 e. The van der Waals surface area contributed by atoms with E-state index in [1.807, 2.05) is 23.7 Å². The van der Waals surface area contributed by atoms with Crippen molar-refractivity contribution in [1.29, 1.82) is 0 Å². The number of rotatable bonds is 0. The van der Waals surface area contributed by atoms with Crippen LogP contribution in [0.1, 0.15) is 0 Å². The summed E-state index contributed by atoms with van der Waals surface area (Å²) in [5.74, 6) is 0. The van der Waals surface area contributed by atoms with Gasteiger partial charge >= 0.3 is 0 Å². The van der Waals surface area contributed by atoms with E-state index in [4.69, 9.17) is 0 Å². The van der Waals surface area contributed by atoms with Crippen LogP contribution in [-0.2, 0) is 0 Å². The van der Waals surface area contributed by atoms with Crippen LogP contribution in [0.25, 0.3) is 21.5 Å². The van der Waals surface area contributed by atoms with Gasteiger partial charge in [-0.2, -0.15) is 10.2 Å². The average molecular weight is 187 g/mol. The summed E-state index contributed by atoms with van der Waals surface area (Å²) in [6, 6.07) is 6.02. The molecule has 0 amide bonds. The molecule has 1 aromatic rings. The lowest BCUT2D eigenvalue weighted by molar-refractivity contribution is 1.10. The molecule has 0 unspecified atom stereocenters. The topological polar surface area (TPSA) is 38.7 Å². The van der Waals surface area contributed by atoms with Gasteiger partial charge in [0.2, 0.25) is 0 Å². The molecule has 0 saturated carbocycles. The predicted molar refractivity (Wildman–Crippen MR) is 51.8 cm³/mol. The van der Waals surface area contributed by atoms with Crippen LogP contribution in [0.4, 0.5) is 0 Å². The Morgan fingerprint density at radius 1 is 1.23 bits per heavy atom.